The lowest BCUT2D eigenvalue weighted by Crippen LogP contribution is -2.47. The summed E-state index contributed by atoms with van der Waals surface area (Å²) in [6.07, 6.45) is -4.47. The normalized spacial score (nSPS) is 14.4. The van der Waals surface area contributed by atoms with Gasteiger partial charge in [0.25, 0.3) is 0 Å². The molecule has 0 saturated carbocycles. The van der Waals surface area contributed by atoms with Crippen LogP contribution in [0.4, 0.5) is 18.9 Å². The van der Waals surface area contributed by atoms with Crippen LogP contribution in [-0.2, 0) is 15.7 Å². The minimum atomic E-state index is -4.47. The number of hydrogen-bond acceptors (Lipinski definition) is 3. The first-order valence-corrected chi connectivity index (χ1v) is 7.86. The van der Waals surface area contributed by atoms with E-state index in [9.17, 15) is 18.0 Å². The molecule has 2 atom stereocenters. The number of methoxy groups -OCH3 is 1. The van der Waals surface area contributed by atoms with E-state index in [0.717, 1.165) is 12.1 Å². The summed E-state index contributed by atoms with van der Waals surface area (Å²) in [5.74, 6) is -0.372. The van der Waals surface area contributed by atoms with Crippen LogP contribution < -0.4 is 10.6 Å². The fourth-order valence-electron chi connectivity index (χ4n) is 2.14. The van der Waals surface area contributed by atoms with Gasteiger partial charge < -0.3 is 15.4 Å². The summed E-state index contributed by atoms with van der Waals surface area (Å²) in [5, 5.41) is 5.62. The molecule has 2 N–H and O–H groups in total. The Morgan fingerprint density at radius 3 is 2.38 bits per heavy atom. The summed E-state index contributed by atoms with van der Waals surface area (Å²) in [4.78, 5) is 12.4. The second-order valence-electron chi connectivity index (χ2n) is 5.92. The standard InChI is InChI=1S/C16H22ClF3N2O2/c1-9(2)14(15(23)21-10(3)8-24-4)22-13-6-5-11(7-12(13)17)16(18,19)20/h5-7,9-10,14,22H,8H2,1-4H3,(H,21,23). The van der Waals surface area contributed by atoms with E-state index >= 15 is 0 Å². The van der Waals surface area contributed by atoms with E-state index in [0.29, 0.717) is 6.61 Å². The Hall–Kier alpha value is -1.47. The van der Waals surface area contributed by atoms with Gasteiger partial charge >= 0.3 is 6.18 Å². The maximum Gasteiger partial charge on any atom is 0.416 e. The number of carbonyl (C=O) groups excluding carboxylic acids is 1. The molecule has 0 fully saturated rings. The van der Waals surface area contributed by atoms with Crippen molar-refractivity contribution in [3.05, 3.63) is 28.8 Å². The third kappa shape index (κ3) is 5.87. The van der Waals surface area contributed by atoms with E-state index in [2.05, 4.69) is 10.6 Å². The molecule has 0 radical (unpaired) electrons. The Balaban J connectivity index is 2.91. The predicted octanol–water partition coefficient (Wildman–Crippen LogP) is 3.95. The average Bonchev–Trinajstić information content (AvgIpc) is 2.44. The smallest absolute Gasteiger partial charge is 0.383 e. The molecule has 0 spiro atoms. The van der Waals surface area contributed by atoms with E-state index in [1.165, 1.54) is 13.2 Å². The van der Waals surface area contributed by atoms with Crippen molar-refractivity contribution in [2.75, 3.05) is 19.0 Å². The number of carbonyl (C=O) groups is 1. The molecule has 0 saturated heterocycles. The highest BCUT2D eigenvalue weighted by Crippen LogP contribution is 2.34. The van der Waals surface area contributed by atoms with Crippen molar-refractivity contribution in [3.8, 4) is 0 Å². The zero-order valence-electron chi connectivity index (χ0n) is 14.0. The number of amides is 1. The zero-order chi connectivity index (χ0) is 18.5. The number of alkyl halides is 3. The number of hydrogen-bond donors (Lipinski definition) is 2. The maximum atomic E-state index is 12.7. The largest absolute Gasteiger partial charge is 0.416 e. The van der Waals surface area contributed by atoms with Crippen molar-refractivity contribution in [1.29, 1.82) is 0 Å². The summed E-state index contributed by atoms with van der Waals surface area (Å²) in [6, 6.07) is 2.17. The number of rotatable bonds is 7. The quantitative estimate of drug-likeness (QED) is 0.768. The lowest BCUT2D eigenvalue weighted by Gasteiger charge is -2.25. The van der Waals surface area contributed by atoms with E-state index in [1.54, 1.807) is 6.92 Å². The van der Waals surface area contributed by atoms with Crippen molar-refractivity contribution in [1.82, 2.24) is 5.32 Å². The third-order valence-corrected chi connectivity index (χ3v) is 3.67. The molecule has 136 valence electrons. The topological polar surface area (TPSA) is 50.4 Å². The van der Waals surface area contributed by atoms with Crippen molar-refractivity contribution in [3.63, 3.8) is 0 Å². The minimum Gasteiger partial charge on any atom is -0.383 e. The fraction of sp³-hybridized carbons (Fsp3) is 0.562. The monoisotopic (exact) mass is 366 g/mol. The number of halogens is 4. The Kier molecular flexibility index (Phi) is 7.35. The molecular weight excluding hydrogens is 345 g/mol. The summed E-state index contributed by atoms with van der Waals surface area (Å²) < 4.78 is 43.0. The molecule has 0 aliphatic rings. The summed E-state index contributed by atoms with van der Waals surface area (Å²) in [7, 11) is 1.53. The molecule has 0 aliphatic heterocycles. The fourth-order valence-corrected chi connectivity index (χ4v) is 2.37. The van der Waals surface area contributed by atoms with Crippen LogP contribution in [0.3, 0.4) is 0 Å². The second-order valence-corrected chi connectivity index (χ2v) is 6.33. The molecule has 1 aromatic carbocycles. The maximum absolute atomic E-state index is 12.7. The number of ether oxygens (including phenoxy) is 1. The molecule has 2 unspecified atom stereocenters. The molecule has 4 nitrogen and oxygen atoms in total. The highest BCUT2D eigenvalue weighted by molar-refractivity contribution is 6.33. The first kappa shape index (κ1) is 20.6. The van der Waals surface area contributed by atoms with Crippen LogP contribution in [-0.4, -0.2) is 31.7 Å². The molecule has 1 aromatic rings. The molecule has 1 amide bonds. The predicted molar refractivity (Wildman–Crippen MR) is 88.2 cm³/mol. The van der Waals surface area contributed by atoms with Gasteiger partial charge in [-0.05, 0) is 31.0 Å². The van der Waals surface area contributed by atoms with E-state index < -0.39 is 17.8 Å². The summed E-state index contributed by atoms with van der Waals surface area (Å²) >= 11 is 5.93. The molecular formula is C16H22ClF3N2O2. The number of benzene rings is 1. The van der Waals surface area contributed by atoms with Gasteiger partial charge in [-0.2, -0.15) is 13.2 Å². The summed E-state index contributed by atoms with van der Waals surface area (Å²) in [5.41, 5.74) is -0.560. The molecule has 0 bridgehead atoms. The van der Waals surface area contributed by atoms with Gasteiger partial charge in [0.1, 0.15) is 6.04 Å². The third-order valence-electron chi connectivity index (χ3n) is 3.36. The Bertz CT molecular complexity index is 565. The van der Waals surface area contributed by atoms with E-state index in [-0.39, 0.29) is 28.6 Å². The highest BCUT2D eigenvalue weighted by Gasteiger charge is 2.31. The first-order valence-electron chi connectivity index (χ1n) is 7.48. The first-order chi connectivity index (χ1) is 11.1. The molecule has 24 heavy (non-hydrogen) atoms. The lowest BCUT2D eigenvalue weighted by atomic mass is 10.0. The average molecular weight is 367 g/mol. The van der Waals surface area contributed by atoms with Crippen molar-refractivity contribution >= 4 is 23.2 Å². The van der Waals surface area contributed by atoms with Crippen LogP contribution in [0.2, 0.25) is 5.02 Å². The van der Waals surface area contributed by atoms with Gasteiger partial charge in [-0.3, -0.25) is 4.79 Å². The summed E-state index contributed by atoms with van der Waals surface area (Å²) in [6.45, 7) is 5.81. The van der Waals surface area contributed by atoms with Crippen molar-refractivity contribution < 1.29 is 22.7 Å². The Labute approximate surface area is 144 Å². The Morgan fingerprint density at radius 1 is 1.29 bits per heavy atom. The molecule has 1 rings (SSSR count). The van der Waals surface area contributed by atoms with Crippen molar-refractivity contribution in [2.45, 2.75) is 39.0 Å². The SMILES string of the molecule is COCC(C)NC(=O)C(Nc1ccc(C(F)(F)F)cc1Cl)C(C)C. The van der Waals surface area contributed by atoms with Gasteiger partial charge in [0.2, 0.25) is 5.91 Å². The lowest BCUT2D eigenvalue weighted by molar-refractivity contribution is -0.137. The van der Waals surface area contributed by atoms with Gasteiger partial charge in [0, 0.05) is 13.2 Å². The number of nitrogens with one attached hydrogen (secondary N) is 2. The van der Waals surface area contributed by atoms with E-state index in [1.807, 2.05) is 13.8 Å². The van der Waals surface area contributed by atoms with Crippen LogP contribution in [0.25, 0.3) is 0 Å². The molecule has 8 heteroatoms. The Morgan fingerprint density at radius 2 is 1.92 bits per heavy atom. The molecule has 0 aliphatic carbocycles. The van der Waals surface area contributed by atoms with Crippen LogP contribution >= 0.6 is 11.6 Å². The van der Waals surface area contributed by atoms with Crippen molar-refractivity contribution in [2.24, 2.45) is 5.92 Å². The highest BCUT2D eigenvalue weighted by atomic mass is 35.5. The van der Waals surface area contributed by atoms with Gasteiger partial charge in [-0.1, -0.05) is 25.4 Å². The van der Waals surface area contributed by atoms with Gasteiger partial charge in [0.05, 0.1) is 22.9 Å². The molecule has 0 heterocycles. The van der Waals surface area contributed by atoms with E-state index in [4.69, 9.17) is 16.3 Å². The second kappa shape index (κ2) is 8.58. The van der Waals surface area contributed by atoms with Gasteiger partial charge in [-0.15, -0.1) is 0 Å². The van der Waals surface area contributed by atoms with Crippen LogP contribution in [0.1, 0.15) is 26.3 Å². The van der Waals surface area contributed by atoms with Crippen LogP contribution in [0, 0.1) is 5.92 Å². The van der Waals surface area contributed by atoms with Crippen LogP contribution in [0.15, 0.2) is 18.2 Å². The minimum absolute atomic E-state index is 0.0896. The van der Waals surface area contributed by atoms with Gasteiger partial charge in [-0.25, -0.2) is 0 Å². The van der Waals surface area contributed by atoms with Gasteiger partial charge in [0.15, 0.2) is 0 Å². The number of anilines is 1. The zero-order valence-corrected chi connectivity index (χ0v) is 14.8. The molecule has 0 aromatic heterocycles. The van der Waals surface area contributed by atoms with Crippen LogP contribution in [0.5, 0.6) is 0 Å².